The largest absolute Gasteiger partial charge is 0.490 e. The Morgan fingerprint density at radius 2 is 1.85 bits per heavy atom. The van der Waals surface area contributed by atoms with Gasteiger partial charge < -0.3 is 15.4 Å². The number of nitrogens with one attached hydrogen (secondary N) is 2. The lowest BCUT2D eigenvalue weighted by atomic mass is 10.0. The fourth-order valence-corrected chi connectivity index (χ4v) is 4.45. The Morgan fingerprint density at radius 1 is 1.12 bits per heavy atom. The lowest BCUT2D eigenvalue weighted by molar-refractivity contribution is 0.0914. The monoisotopic (exact) mass is 471 g/mol. The molecule has 0 aromatic heterocycles. The molecule has 2 saturated heterocycles. The molecule has 2 aromatic rings. The van der Waals surface area contributed by atoms with Crippen LogP contribution in [-0.4, -0.2) is 55.7 Å². The third kappa shape index (κ3) is 7.03. The van der Waals surface area contributed by atoms with Gasteiger partial charge in [0.05, 0.1) is 5.02 Å². The van der Waals surface area contributed by atoms with Crippen LogP contribution in [0.4, 0.5) is 4.39 Å². The summed E-state index contributed by atoms with van der Waals surface area (Å²) in [5, 5.41) is 6.36. The van der Waals surface area contributed by atoms with Gasteiger partial charge in [0.15, 0.2) is 0 Å². The van der Waals surface area contributed by atoms with Gasteiger partial charge in [0.2, 0.25) is 0 Å². The second kappa shape index (κ2) is 11.6. The number of carbonyl (C=O) groups is 1. The molecular formula is C26H31ClFN3O2. The minimum Gasteiger partial charge on any atom is -0.490 e. The van der Waals surface area contributed by atoms with Crippen LogP contribution in [0.3, 0.4) is 0 Å². The predicted molar refractivity (Wildman–Crippen MR) is 130 cm³/mol. The fraction of sp³-hybridized carbons (Fsp3) is 0.423. The fourth-order valence-electron chi connectivity index (χ4n) is 4.27. The van der Waals surface area contributed by atoms with Gasteiger partial charge in [0.25, 0.3) is 5.91 Å². The molecule has 176 valence electrons. The van der Waals surface area contributed by atoms with E-state index >= 15 is 0 Å². The summed E-state index contributed by atoms with van der Waals surface area (Å²) in [6, 6.07) is 12.5. The van der Waals surface area contributed by atoms with Crippen LogP contribution in [-0.2, 0) is 0 Å². The summed E-state index contributed by atoms with van der Waals surface area (Å²) in [5.41, 5.74) is 1.55. The summed E-state index contributed by atoms with van der Waals surface area (Å²) in [5.74, 6) is 0.213. The highest BCUT2D eigenvalue weighted by Gasteiger charge is 2.21. The van der Waals surface area contributed by atoms with Crippen molar-refractivity contribution in [1.82, 2.24) is 15.5 Å². The number of rotatable bonds is 7. The number of nitrogens with zero attached hydrogens (tertiary/aromatic N) is 1. The smallest absolute Gasteiger partial charge is 0.251 e. The molecule has 2 aliphatic rings. The molecule has 0 spiro atoms. The van der Waals surface area contributed by atoms with Gasteiger partial charge in [-0.25, -0.2) is 4.39 Å². The number of piperidine rings is 2. The predicted octanol–water partition coefficient (Wildman–Crippen LogP) is 4.52. The van der Waals surface area contributed by atoms with E-state index in [1.165, 1.54) is 18.2 Å². The molecule has 0 atom stereocenters. The topological polar surface area (TPSA) is 53.6 Å². The van der Waals surface area contributed by atoms with Crippen molar-refractivity contribution < 1.29 is 13.9 Å². The average molecular weight is 472 g/mol. The molecule has 33 heavy (non-hydrogen) atoms. The van der Waals surface area contributed by atoms with Crippen LogP contribution in [0.5, 0.6) is 5.75 Å². The molecule has 4 rings (SSSR count). The number of hydrogen-bond donors (Lipinski definition) is 2. The van der Waals surface area contributed by atoms with E-state index in [-0.39, 0.29) is 17.0 Å². The van der Waals surface area contributed by atoms with Crippen molar-refractivity contribution in [3.63, 3.8) is 0 Å². The van der Waals surface area contributed by atoms with E-state index in [1.807, 2.05) is 12.1 Å². The maximum Gasteiger partial charge on any atom is 0.251 e. The Kier molecular flexibility index (Phi) is 8.37. The first-order valence-electron chi connectivity index (χ1n) is 11.7. The third-order valence-corrected chi connectivity index (χ3v) is 6.54. The molecule has 2 N–H and O–H groups in total. The third-order valence-electron chi connectivity index (χ3n) is 6.25. The van der Waals surface area contributed by atoms with Gasteiger partial charge in [0.1, 0.15) is 17.7 Å². The summed E-state index contributed by atoms with van der Waals surface area (Å²) in [6.07, 6.45) is 8.52. The van der Waals surface area contributed by atoms with Gasteiger partial charge in [0, 0.05) is 31.2 Å². The molecule has 0 aliphatic carbocycles. The van der Waals surface area contributed by atoms with E-state index in [0.717, 1.165) is 69.7 Å². The van der Waals surface area contributed by atoms with Gasteiger partial charge in [-0.1, -0.05) is 35.9 Å². The van der Waals surface area contributed by atoms with Gasteiger partial charge in [-0.15, -0.1) is 0 Å². The summed E-state index contributed by atoms with van der Waals surface area (Å²) >= 11 is 5.78. The first kappa shape index (κ1) is 23.7. The molecule has 0 unspecified atom stereocenters. The minimum absolute atomic E-state index is 0.0341. The average Bonchev–Trinajstić information content (AvgIpc) is 2.84. The van der Waals surface area contributed by atoms with Crippen LogP contribution in [0, 0.1) is 5.82 Å². The van der Waals surface area contributed by atoms with Gasteiger partial charge in [-0.05, 0) is 74.7 Å². The second-order valence-electron chi connectivity index (χ2n) is 8.72. The zero-order valence-electron chi connectivity index (χ0n) is 18.7. The number of likely N-dealkylation sites (tertiary alicyclic amines) is 1. The standard InChI is InChI=1S/C26H31ClFN3O2/c27-24-18-20(5-8-25(24)28)26(32)30-21-11-16-31(17-12-21)15-1-2-19-3-6-22(7-4-19)33-23-9-13-29-14-10-23/h1-8,18,21,23,29H,9-17H2,(H,30,32)/b2-1+. The van der Waals surface area contributed by atoms with E-state index < -0.39 is 5.82 Å². The lowest BCUT2D eigenvalue weighted by Crippen LogP contribution is -2.44. The summed E-state index contributed by atoms with van der Waals surface area (Å²) in [6.45, 7) is 4.77. The second-order valence-corrected chi connectivity index (χ2v) is 9.12. The number of carbonyl (C=O) groups excluding carboxylic acids is 1. The van der Waals surface area contributed by atoms with Crippen molar-refractivity contribution in [2.45, 2.75) is 37.8 Å². The Bertz CT molecular complexity index is 953. The van der Waals surface area contributed by atoms with Crippen molar-refractivity contribution in [3.05, 3.63) is 70.5 Å². The quantitative estimate of drug-likeness (QED) is 0.623. The van der Waals surface area contributed by atoms with Crippen molar-refractivity contribution in [2.24, 2.45) is 0 Å². The van der Waals surface area contributed by atoms with Crippen LogP contribution < -0.4 is 15.4 Å². The number of benzene rings is 2. The van der Waals surface area contributed by atoms with Crippen LogP contribution in [0.25, 0.3) is 6.08 Å². The summed E-state index contributed by atoms with van der Waals surface area (Å²) in [4.78, 5) is 14.8. The Morgan fingerprint density at radius 3 is 2.55 bits per heavy atom. The normalized spacial score (nSPS) is 18.5. The zero-order chi connectivity index (χ0) is 23.0. The maximum absolute atomic E-state index is 13.3. The van der Waals surface area contributed by atoms with Gasteiger partial charge in [-0.3, -0.25) is 9.69 Å². The molecule has 2 aliphatic heterocycles. The number of amides is 1. The van der Waals surface area contributed by atoms with Crippen LogP contribution >= 0.6 is 11.6 Å². The summed E-state index contributed by atoms with van der Waals surface area (Å²) in [7, 11) is 0. The molecule has 2 heterocycles. The van der Waals surface area contributed by atoms with Crippen molar-refractivity contribution in [1.29, 1.82) is 0 Å². The van der Waals surface area contributed by atoms with Crippen LogP contribution in [0.1, 0.15) is 41.6 Å². The highest BCUT2D eigenvalue weighted by atomic mass is 35.5. The molecule has 0 bridgehead atoms. The van der Waals surface area contributed by atoms with Crippen LogP contribution in [0.15, 0.2) is 48.5 Å². The number of hydrogen-bond acceptors (Lipinski definition) is 4. The zero-order valence-corrected chi connectivity index (χ0v) is 19.5. The van der Waals surface area contributed by atoms with Crippen LogP contribution in [0.2, 0.25) is 5.02 Å². The number of halogens is 2. The lowest BCUT2D eigenvalue weighted by Gasteiger charge is -2.31. The Labute approximate surface area is 199 Å². The molecule has 5 nitrogen and oxygen atoms in total. The SMILES string of the molecule is O=C(NC1CCN(C/C=C/c2ccc(OC3CCNCC3)cc2)CC1)c1ccc(F)c(Cl)c1. The molecule has 2 aromatic carbocycles. The Balaban J connectivity index is 1.17. The first-order valence-corrected chi connectivity index (χ1v) is 12.1. The first-order chi connectivity index (χ1) is 16.1. The molecule has 7 heteroatoms. The van der Waals surface area contributed by atoms with Gasteiger partial charge in [-0.2, -0.15) is 0 Å². The van der Waals surface area contributed by atoms with E-state index in [9.17, 15) is 9.18 Å². The van der Waals surface area contributed by atoms with Crippen molar-refractivity contribution >= 4 is 23.6 Å². The van der Waals surface area contributed by atoms with Gasteiger partial charge >= 0.3 is 0 Å². The van der Waals surface area contributed by atoms with Crippen molar-refractivity contribution in [3.8, 4) is 5.75 Å². The van der Waals surface area contributed by atoms with E-state index in [2.05, 4.69) is 39.8 Å². The maximum atomic E-state index is 13.3. The van der Waals surface area contributed by atoms with E-state index in [0.29, 0.717) is 11.7 Å². The summed E-state index contributed by atoms with van der Waals surface area (Å²) < 4.78 is 19.4. The molecule has 0 radical (unpaired) electrons. The highest BCUT2D eigenvalue weighted by Crippen LogP contribution is 2.19. The minimum atomic E-state index is -0.518. The molecular weight excluding hydrogens is 441 g/mol. The number of ether oxygens (including phenoxy) is 1. The molecule has 0 saturated carbocycles. The molecule has 1 amide bonds. The molecule has 2 fully saturated rings. The highest BCUT2D eigenvalue weighted by molar-refractivity contribution is 6.31. The van der Waals surface area contributed by atoms with E-state index in [1.54, 1.807) is 0 Å². The Hall–Kier alpha value is -2.41. The van der Waals surface area contributed by atoms with E-state index in [4.69, 9.17) is 16.3 Å². The van der Waals surface area contributed by atoms with Crippen molar-refractivity contribution in [2.75, 3.05) is 32.7 Å².